The smallest absolute Gasteiger partial charge is 0.235 e. The fraction of sp³-hybridized carbons (Fsp3) is 0.103. The van der Waals surface area contributed by atoms with E-state index in [1.165, 1.54) is 0 Å². The molecule has 5 aromatic rings. The van der Waals surface area contributed by atoms with Crippen molar-refractivity contribution in [3.8, 4) is 17.1 Å². The summed E-state index contributed by atoms with van der Waals surface area (Å²) in [5, 5.41) is 2.82. The molecular weight excluding hydrogens is 448 g/mol. The molecular formula is C29H21ClO4. The van der Waals surface area contributed by atoms with Gasteiger partial charge in [-0.2, -0.15) is 0 Å². The first-order valence-corrected chi connectivity index (χ1v) is 11.3. The molecule has 0 spiro atoms. The number of benzene rings is 4. The molecule has 4 nitrogen and oxygen atoms in total. The second-order valence-corrected chi connectivity index (χ2v) is 8.71. The Labute approximate surface area is 201 Å². The van der Waals surface area contributed by atoms with Crippen LogP contribution in [0.5, 0.6) is 5.75 Å². The van der Waals surface area contributed by atoms with Gasteiger partial charge in [-0.3, -0.25) is 9.59 Å². The van der Waals surface area contributed by atoms with Crippen LogP contribution in [0.4, 0.5) is 0 Å². The third-order valence-electron chi connectivity index (χ3n) is 5.82. The molecule has 0 atom stereocenters. The number of aryl methyl sites for hydroxylation is 2. The van der Waals surface area contributed by atoms with E-state index in [0.717, 1.165) is 21.9 Å². The van der Waals surface area contributed by atoms with Gasteiger partial charge < -0.3 is 9.15 Å². The first-order valence-electron chi connectivity index (χ1n) is 10.9. The fourth-order valence-corrected chi connectivity index (χ4v) is 4.39. The number of hydrogen-bond acceptors (Lipinski definition) is 4. The van der Waals surface area contributed by atoms with Gasteiger partial charge in [0.25, 0.3) is 0 Å². The predicted molar refractivity (Wildman–Crippen MR) is 136 cm³/mol. The number of ketones is 1. The number of hydrogen-bond donors (Lipinski definition) is 0. The minimum Gasteiger partial charge on any atom is -0.478 e. The van der Waals surface area contributed by atoms with Gasteiger partial charge in [0.1, 0.15) is 5.58 Å². The van der Waals surface area contributed by atoms with Crippen LogP contribution in [0.1, 0.15) is 21.5 Å². The van der Waals surface area contributed by atoms with E-state index >= 15 is 0 Å². The molecule has 1 aromatic heterocycles. The zero-order valence-electron chi connectivity index (χ0n) is 18.7. The van der Waals surface area contributed by atoms with Crippen molar-refractivity contribution in [3.05, 3.63) is 111 Å². The fourth-order valence-electron chi connectivity index (χ4n) is 4.17. The van der Waals surface area contributed by atoms with Gasteiger partial charge in [0.2, 0.25) is 11.2 Å². The summed E-state index contributed by atoms with van der Waals surface area (Å²) in [5.74, 6) is -0.0584. The third-order valence-corrected chi connectivity index (χ3v) is 6.15. The van der Waals surface area contributed by atoms with E-state index in [1.54, 1.807) is 36.4 Å². The first-order chi connectivity index (χ1) is 16.4. The largest absolute Gasteiger partial charge is 0.478 e. The summed E-state index contributed by atoms with van der Waals surface area (Å²) in [4.78, 5) is 26.5. The average molecular weight is 469 g/mol. The molecule has 0 saturated carbocycles. The minimum absolute atomic E-state index is 0.0280. The number of carbonyl (C=O) groups is 1. The van der Waals surface area contributed by atoms with Crippen LogP contribution in [0.2, 0.25) is 5.02 Å². The zero-order chi connectivity index (χ0) is 23.8. The van der Waals surface area contributed by atoms with Crippen LogP contribution in [0.15, 0.2) is 88.1 Å². The summed E-state index contributed by atoms with van der Waals surface area (Å²) >= 11 is 6.43. The second-order valence-electron chi connectivity index (χ2n) is 8.30. The molecule has 0 fully saturated rings. The van der Waals surface area contributed by atoms with Crippen molar-refractivity contribution in [2.45, 2.75) is 13.8 Å². The van der Waals surface area contributed by atoms with Crippen molar-refractivity contribution < 1.29 is 13.9 Å². The van der Waals surface area contributed by atoms with Gasteiger partial charge >= 0.3 is 0 Å². The Morgan fingerprint density at radius 3 is 2.44 bits per heavy atom. The molecule has 168 valence electrons. The molecule has 0 aliphatic carbocycles. The number of ether oxygens (including phenoxy) is 1. The van der Waals surface area contributed by atoms with E-state index in [2.05, 4.69) is 0 Å². The number of fused-ring (bicyclic) bond motifs is 2. The van der Waals surface area contributed by atoms with Gasteiger partial charge in [0.05, 0.1) is 10.4 Å². The maximum Gasteiger partial charge on any atom is 0.235 e. The SMILES string of the molecule is Cc1cc(C)c2oc(-c3ccccc3Cl)c(OCC(=O)c3ccc4ccccc4c3)c(=O)c2c1. The van der Waals surface area contributed by atoms with Crippen LogP contribution in [0.3, 0.4) is 0 Å². The Bertz CT molecular complexity index is 1630. The minimum atomic E-state index is -0.339. The topological polar surface area (TPSA) is 56.5 Å². The zero-order valence-corrected chi connectivity index (χ0v) is 19.5. The van der Waals surface area contributed by atoms with Crippen LogP contribution >= 0.6 is 11.6 Å². The second kappa shape index (κ2) is 8.81. The Kier molecular flexibility index (Phi) is 5.68. The molecule has 1 heterocycles. The van der Waals surface area contributed by atoms with Crippen molar-refractivity contribution in [2.24, 2.45) is 0 Å². The van der Waals surface area contributed by atoms with E-state index in [1.807, 2.05) is 56.3 Å². The Hall–Kier alpha value is -3.89. The molecule has 0 unspecified atom stereocenters. The lowest BCUT2D eigenvalue weighted by atomic mass is 10.0. The highest BCUT2D eigenvalue weighted by atomic mass is 35.5. The molecule has 5 rings (SSSR count). The highest BCUT2D eigenvalue weighted by molar-refractivity contribution is 6.33. The van der Waals surface area contributed by atoms with Crippen molar-refractivity contribution in [2.75, 3.05) is 6.61 Å². The summed E-state index contributed by atoms with van der Waals surface area (Å²) < 4.78 is 12.1. The lowest BCUT2D eigenvalue weighted by Gasteiger charge is -2.14. The lowest BCUT2D eigenvalue weighted by molar-refractivity contribution is 0.0920. The van der Waals surface area contributed by atoms with Crippen LogP contribution in [-0.2, 0) is 0 Å². The van der Waals surface area contributed by atoms with Gasteiger partial charge in [-0.05, 0) is 60.0 Å². The molecule has 0 bridgehead atoms. The summed E-state index contributed by atoms with van der Waals surface area (Å²) in [6.07, 6.45) is 0. The van der Waals surface area contributed by atoms with E-state index < -0.39 is 0 Å². The number of halogens is 1. The van der Waals surface area contributed by atoms with E-state index in [4.69, 9.17) is 20.8 Å². The van der Waals surface area contributed by atoms with Crippen molar-refractivity contribution in [1.82, 2.24) is 0 Å². The summed E-state index contributed by atoms with van der Waals surface area (Å²) in [6, 6.07) is 24.1. The summed E-state index contributed by atoms with van der Waals surface area (Å²) in [5.41, 5.74) is 2.93. The molecule has 4 aromatic carbocycles. The molecule has 0 radical (unpaired) electrons. The van der Waals surface area contributed by atoms with Crippen LogP contribution in [0.25, 0.3) is 33.1 Å². The third kappa shape index (κ3) is 3.97. The predicted octanol–water partition coefficient (Wildman–Crippen LogP) is 7.15. The number of Topliss-reactive ketones (excluding diaryl/α,β-unsaturated/α-hetero) is 1. The Morgan fingerprint density at radius 1 is 0.912 bits per heavy atom. The summed E-state index contributed by atoms with van der Waals surface area (Å²) in [6.45, 7) is 3.49. The molecule has 0 saturated heterocycles. The van der Waals surface area contributed by atoms with E-state index in [0.29, 0.717) is 27.1 Å². The van der Waals surface area contributed by atoms with Gasteiger partial charge in [0.15, 0.2) is 18.2 Å². The highest BCUT2D eigenvalue weighted by Crippen LogP contribution is 2.36. The average Bonchev–Trinajstić information content (AvgIpc) is 2.83. The molecule has 0 N–H and O–H groups in total. The Balaban J connectivity index is 1.59. The highest BCUT2D eigenvalue weighted by Gasteiger charge is 2.22. The molecule has 5 heteroatoms. The first kappa shape index (κ1) is 21.9. The van der Waals surface area contributed by atoms with Crippen LogP contribution < -0.4 is 10.2 Å². The molecule has 0 aliphatic rings. The van der Waals surface area contributed by atoms with Gasteiger partial charge in [0, 0.05) is 11.1 Å². The quantitative estimate of drug-likeness (QED) is 0.257. The van der Waals surface area contributed by atoms with Crippen molar-refractivity contribution >= 4 is 39.1 Å². The van der Waals surface area contributed by atoms with E-state index in [9.17, 15) is 9.59 Å². The summed E-state index contributed by atoms with van der Waals surface area (Å²) in [7, 11) is 0. The standard InChI is InChI=1S/C29H21ClO4/c1-17-13-18(2)27-23(14-17)26(32)29(28(34-27)22-9-5-6-10-24(22)30)33-16-25(31)21-12-11-19-7-3-4-8-20(19)15-21/h3-15H,16H2,1-2H3. The molecule has 34 heavy (non-hydrogen) atoms. The molecule has 0 aliphatic heterocycles. The molecule has 0 amide bonds. The maximum atomic E-state index is 13.5. The number of carbonyl (C=O) groups excluding carboxylic acids is 1. The van der Waals surface area contributed by atoms with Gasteiger partial charge in [-0.1, -0.05) is 66.2 Å². The van der Waals surface area contributed by atoms with Crippen molar-refractivity contribution in [3.63, 3.8) is 0 Å². The van der Waals surface area contributed by atoms with Gasteiger partial charge in [-0.15, -0.1) is 0 Å². The van der Waals surface area contributed by atoms with Crippen LogP contribution in [-0.4, -0.2) is 12.4 Å². The van der Waals surface area contributed by atoms with Crippen molar-refractivity contribution in [1.29, 1.82) is 0 Å². The lowest BCUT2D eigenvalue weighted by Crippen LogP contribution is -2.17. The van der Waals surface area contributed by atoms with Gasteiger partial charge in [-0.25, -0.2) is 0 Å². The Morgan fingerprint density at radius 2 is 1.65 bits per heavy atom. The maximum absolute atomic E-state index is 13.5. The van der Waals surface area contributed by atoms with E-state index in [-0.39, 0.29) is 29.3 Å². The number of rotatable bonds is 5. The monoisotopic (exact) mass is 468 g/mol. The normalized spacial score (nSPS) is 11.1. The van der Waals surface area contributed by atoms with Crippen LogP contribution in [0, 0.1) is 13.8 Å².